The van der Waals surface area contributed by atoms with E-state index in [9.17, 15) is 17.6 Å². The molecule has 0 aliphatic rings. The van der Waals surface area contributed by atoms with Gasteiger partial charge in [0, 0.05) is 6.08 Å². The Balaban J connectivity index is 2.33. The fourth-order valence-electron chi connectivity index (χ4n) is 1.54. The fraction of sp³-hybridized carbons (Fsp3) is 0.154. The molecule has 0 radical (unpaired) electrons. The van der Waals surface area contributed by atoms with Crippen LogP contribution in [0.2, 0.25) is 0 Å². The van der Waals surface area contributed by atoms with E-state index in [-0.39, 0.29) is 17.3 Å². The summed E-state index contributed by atoms with van der Waals surface area (Å²) in [6.07, 6.45) is -0.910. The molecule has 106 valence electrons. The van der Waals surface area contributed by atoms with Gasteiger partial charge in [-0.1, -0.05) is 6.07 Å². The van der Waals surface area contributed by atoms with Crippen LogP contribution in [0, 0.1) is 5.82 Å². The summed E-state index contributed by atoms with van der Waals surface area (Å²) in [6, 6.07) is 2.44. The van der Waals surface area contributed by atoms with Crippen molar-refractivity contribution >= 4 is 23.8 Å². The van der Waals surface area contributed by atoms with Crippen molar-refractivity contribution in [3.63, 3.8) is 0 Å². The molecule has 1 heterocycles. The van der Waals surface area contributed by atoms with E-state index in [1.54, 1.807) is 0 Å². The summed E-state index contributed by atoms with van der Waals surface area (Å²) in [5.74, 6) is -0.685. The van der Waals surface area contributed by atoms with Crippen molar-refractivity contribution in [1.29, 1.82) is 0 Å². The van der Waals surface area contributed by atoms with Crippen LogP contribution < -0.4 is 0 Å². The summed E-state index contributed by atoms with van der Waals surface area (Å²) < 4.78 is 56.2. The van der Waals surface area contributed by atoms with Crippen molar-refractivity contribution in [3.05, 3.63) is 53.0 Å². The van der Waals surface area contributed by atoms with Gasteiger partial charge < -0.3 is 4.42 Å². The third kappa shape index (κ3) is 3.39. The SMILES string of the molecule is Fc1ccc(C=Cc2nc(CCl)co2)c(C(F)(F)F)c1. The molecule has 0 saturated carbocycles. The summed E-state index contributed by atoms with van der Waals surface area (Å²) >= 11 is 5.52. The molecule has 0 fully saturated rings. The summed E-state index contributed by atoms with van der Waals surface area (Å²) in [6.45, 7) is 0. The molecular formula is C13H8ClF4NO. The fourth-order valence-corrected chi connectivity index (χ4v) is 1.66. The molecule has 0 unspecified atom stereocenters. The Bertz CT molecular complexity index is 634. The molecule has 1 aromatic carbocycles. The van der Waals surface area contributed by atoms with Crippen molar-refractivity contribution < 1.29 is 22.0 Å². The van der Waals surface area contributed by atoms with Crippen LogP contribution in [0.25, 0.3) is 12.2 Å². The van der Waals surface area contributed by atoms with Gasteiger partial charge in [0.05, 0.1) is 17.1 Å². The number of oxazole rings is 1. The van der Waals surface area contributed by atoms with Crippen LogP contribution in [0.1, 0.15) is 22.7 Å². The maximum absolute atomic E-state index is 12.9. The minimum Gasteiger partial charge on any atom is -0.445 e. The zero-order valence-corrected chi connectivity index (χ0v) is 10.7. The zero-order valence-electron chi connectivity index (χ0n) is 9.92. The van der Waals surface area contributed by atoms with Crippen molar-refractivity contribution in [2.45, 2.75) is 12.1 Å². The number of benzene rings is 1. The van der Waals surface area contributed by atoms with E-state index in [2.05, 4.69) is 4.98 Å². The number of hydrogen-bond donors (Lipinski definition) is 0. The number of nitrogens with zero attached hydrogens (tertiary/aromatic N) is 1. The first-order valence-electron chi connectivity index (χ1n) is 5.45. The topological polar surface area (TPSA) is 26.0 Å². The number of rotatable bonds is 3. The van der Waals surface area contributed by atoms with Crippen LogP contribution in [0.3, 0.4) is 0 Å². The average Bonchev–Trinajstić information content (AvgIpc) is 2.84. The maximum Gasteiger partial charge on any atom is 0.417 e. The van der Waals surface area contributed by atoms with Crippen LogP contribution in [-0.4, -0.2) is 4.98 Å². The molecule has 0 amide bonds. The smallest absolute Gasteiger partial charge is 0.417 e. The molecule has 2 aromatic rings. The molecule has 0 aliphatic heterocycles. The Morgan fingerprint density at radius 2 is 2.00 bits per heavy atom. The van der Waals surface area contributed by atoms with Crippen molar-refractivity contribution in [1.82, 2.24) is 4.98 Å². The monoisotopic (exact) mass is 305 g/mol. The molecule has 0 atom stereocenters. The molecule has 2 rings (SSSR count). The minimum absolute atomic E-state index is 0.123. The summed E-state index contributed by atoms with van der Waals surface area (Å²) in [7, 11) is 0. The Labute approximate surface area is 116 Å². The third-order valence-corrected chi connectivity index (χ3v) is 2.71. The number of halogens is 5. The molecule has 1 aromatic heterocycles. The van der Waals surface area contributed by atoms with Crippen LogP contribution in [0.5, 0.6) is 0 Å². The van der Waals surface area contributed by atoms with E-state index in [0.29, 0.717) is 11.8 Å². The second-order valence-corrected chi connectivity index (χ2v) is 4.14. The number of hydrogen-bond acceptors (Lipinski definition) is 2. The predicted octanol–water partition coefficient (Wildman–Crippen LogP) is 4.74. The summed E-state index contributed by atoms with van der Waals surface area (Å²) in [4.78, 5) is 3.91. The highest BCUT2D eigenvalue weighted by atomic mass is 35.5. The molecular weight excluding hydrogens is 298 g/mol. The van der Waals surface area contributed by atoms with Crippen molar-refractivity contribution in [3.8, 4) is 0 Å². The van der Waals surface area contributed by atoms with E-state index < -0.39 is 17.6 Å². The van der Waals surface area contributed by atoms with Gasteiger partial charge in [0.25, 0.3) is 0 Å². The van der Waals surface area contributed by atoms with Crippen LogP contribution >= 0.6 is 11.6 Å². The van der Waals surface area contributed by atoms with Gasteiger partial charge in [0.2, 0.25) is 5.89 Å². The largest absolute Gasteiger partial charge is 0.445 e. The number of alkyl halides is 4. The second-order valence-electron chi connectivity index (χ2n) is 3.87. The maximum atomic E-state index is 12.9. The first kappa shape index (κ1) is 14.6. The molecule has 0 bridgehead atoms. The predicted molar refractivity (Wildman–Crippen MR) is 66.4 cm³/mol. The van der Waals surface area contributed by atoms with Crippen LogP contribution in [0.15, 0.2) is 28.9 Å². The van der Waals surface area contributed by atoms with Crippen LogP contribution in [-0.2, 0) is 12.1 Å². The molecule has 0 aliphatic carbocycles. The van der Waals surface area contributed by atoms with E-state index in [1.807, 2.05) is 0 Å². The van der Waals surface area contributed by atoms with Gasteiger partial charge in [-0.3, -0.25) is 0 Å². The first-order valence-corrected chi connectivity index (χ1v) is 5.99. The molecule has 7 heteroatoms. The molecule has 20 heavy (non-hydrogen) atoms. The normalized spacial score (nSPS) is 12.2. The van der Waals surface area contributed by atoms with E-state index in [0.717, 1.165) is 18.2 Å². The quantitative estimate of drug-likeness (QED) is 0.604. The van der Waals surface area contributed by atoms with E-state index in [1.165, 1.54) is 12.3 Å². The van der Waals surface area contributed by atoms with Gasteiger partial charge in [-0.25, -0.2) is 9.37 Å². The van der Waals surface area contributed by atoms with Crippen LogP contribution in [0.4, 0.5) is 17.6 Å². The van der Waals surface area contributed by atoms with E-state index >= 15 is 0 Å². The second kappa shape index (κ2) is 5.66. The first-order chi connectivity index (χ1) is 9.40. The lowest BCUT2D eigenvalue weighted by molar-refractivity contribution is -0.137. The number of aromatic nitrogens is 1. The summed E-state index contributed by atoms with van der Waals surface area (Å²) in [5, 5.41) is 0. The highest BCUT2D eigenvalue weighted by Gasteiger charge is 2.33. The Kier molecular flexibility index (Phi) is 4.13. The average molecular weight is 306 g/mol. The Hall–Kier alpha value is -1.82. The zero-order chi connectivity index (χ0) is 14.8. The Morgan fingerprint density at radius 3 is 2.60 bits per heavy atom. The standard InChI is InChI=1S/C13H8ClF4NO/c14-6-10-7-20-12(19-10)4-2-8-1-3-9(15)5-11(8)13(16,17)18/h1-5,7H,6H2. The molecule has 0 N–H and O–H groups in total. The van der Waals surface area contributed by atoms with Gasteiger partial charge in [0.15, 0.2) is 0 Å². The van der Waals surface area contributed by atoms with Gasteiger partial charge >= 0.3 is 6.18 Å². The van der Waals surface area contributed by atoms with Crippen molar-refractivity contribution in [2.75, 3.05) is 0 Å². The minimum atomic E-state index is -4.64. The van der Waals surface area contributed by atoms with E-state index in [4.69, 9.17) is 16.0 Å². The van der Waals surface area contributed by atoms with Gasteiger partial charge in [-0.2, -0.15) is 13.2 Å². The molecule has 0 spiro atoms. The lowest BCUT2D eigenvalue weighted by Crippen LogP contribution is -2.07. The Morgan fingerprint density at radius 1 is 1.25 bits per heavy atom. The lowest BCUT2D eigenvalue weighted by atomic mass is 10.1. The highest BCUT2D eigenvalue weighted by molar-refractivity contribution is 6.16. The van der Waals surface area contributed by atoms with Gasteiger partial charge in [-0.15, -0.1) is 11.6 Å². The summed E-state index contributed by atoms with van der Waals surface area (Å²) in [5.41, 5.74) is -0.760. The molecule has 2 nitrogen and oxygen atoms in total. The highest BCUT2D eigenvalue weighted by Crippen LogP contribution is 2.33. The van der Waals surface area contributed by atoms with Crippen molar-refractivity contribution in [2.24, 2.45) is 0 Å². The lowest BCUT2D eigenvalue weighted by Gasteiger charge is -2.09. The molecule has 0 saturated heterocycles. The third-order valence-electron chi connectivity index (χ3n) is 2.43. The van der Waals surface area contributed by atoms with Gasteiger partial charge in [-0.05, 0) is 23.8 Å². The van der Waals surface area contributed by atoms with Gasteiger partial charge in [0.1, 0.15) is 12.1 Å².